The van der Waals surface area contributed by atoms with Crippen LogP contribution >= 0.6 is 0 Å². The van der Waals surface area contributed by atoms with E-state index >= 15 is 0 Å². The fourth-order valence-electron chi connectivity index (χ4n) is 3.33. The first-order valence-corrected chi connectivity index (χ1v) is 7.62. The number of amides is 1. The molecule has 0 heterocycles. The van der Waals surface area contributed by atoms with E-state index in [1.54, 1.807) is 0 Å². The van der Waals surface area contributed by atoms with E-state index in [0.29, 0.717) is 19.4 Å². The summed E-state index contributed by atoms with van der Waals surface area (Å²) in [5, 5.41) is 12.1. The van der Waals surface area contributed by atoms with Crippen LogP contribution in [-0.4, -0.2) is 23.5 Å². The molecule has 2 fully saturated rings. The molecule has 0 aromatic carbocycles. The highest BCUT2D eigenvalue weighted by molar-refractivity contribution is 5.85. The molecule has 2 rings (SSSR count). The summed E-state index contributed by atoms with van der Waals surface area (Å²) in [4.78, 5) is 23.0. The topological polar surface area (TPSA) is 66.4 Å². The van der Waals surface area contributed by atoms with E-state index in [1.165, 1.54) is 32.1 Å². The first kappa shape index (κ1) is 14.4. The van der Waals surface area contributed by atoms with Crippen LogP contribution in [0.4, 0.5) is 0 Å². The zero-order chi connectivity index (χ0) is 13.7. The number of hydrogen-bond donors (Lipinski definition) is 2. The van der Waals surface area contributed by atoms with Crippen molar-refractivity contribution in [2.75, 3.05) is 6.54 Å². The summed E-state index contributed by atoms with van der Waals surface area (Å²) in [7, 11) is 0. The molecule has 0 atom stereocenters. The molecule has 19 heavy (non-hydrogen) atoms. The molecule has 108 valence electrons. The van der Waals surface area contributed by atoms with Crippen molar-refractivity contribution in [2.24, 2.45) is 11.3 Å². The molecule has 2 aliphatic carbocycles. The zero-order valence-electron chi connectivity index (χ0n) is 11.6. The van der Waals surface area contributed by atoms with Crippen molar-refractivity contribution >= 4 is 11.9 Å². The molecule has 0 radical (unpaired) electrons. The molecule has 2 N–H and O–H groups in total. The summed E-state index contributed by atoms with van der Waals surface area (Å²) < 4.78 is 0. The second-order valence-corrected chi connectivity index (χ2v) is 6.26. The van der Waals surface area contributed by atoms with Crippen LogP contribution in [0.3, 0.4) is 0 Å². The number of aliphatic carboxylic acids is 1. The van der Waals surface area contributed by atoms with Crippen LogP contribution in [0.2, 0.25) is 0 Å². The molecule has 0 aromatic heterocycles. The highest BCUT2D eigenvalue weighted by Gasteiger charge is 2.45. The molecule has 0 unspecified atom stereocenters. The van der Waals surface area contributed by atoms with E-state index in [4.69, 9.17) is 0 Å². The maximum Gasteiger partial charge on any atom is 0.310 e. The van der Waals surface area contributed by atoms with Crippen molar-refractivity contribution < 1.29 is 14.7 Å². The Morgan fingerprint density at radius 2 is 1.79 bits per heavy atom. The molecule has 0 saturated heterocycles. The predicted octanol–water partition coefficient (Wildman–Crippen LogP) is 2.72. The maximum atomic E-state index is 11.8. The van der Waals surface area contributed by atoms with Crippen LogP contribution in [0, 0.1) is 11.3 Å². The molecule has 0 aliphatic heterocycles. The number of carbonyl (C=O) groups excluding carboxylic acids is 1. The number of rotatable bonds is 6. The minimum Gasteiger partial charge on any atom is -0.481 e. The standard InChI is InChI=1S/C15H25NO3/c17-13(11-15(14(18)19)8-4-9-15)16-10-7-12-5-2-1-3-6-12/h12H,1-11H2,(H,16,17)(H,18,19). The SMILES string of the molecule is O=C(CC1(C(=O)O)CCC1)NCCC1CCCCC1. The van der Waals surface area contributed by atoms with Gasteiger partial charge >= 0.3 is 5.97 Å². The molecule has 1 amide bonds. The highest BCUT2D eigenvalue weighted by atomic mass is 16.4. The van der Waals surface area contributed by atoms with Gasteiger partial charge in [-0.2, -0.15) is 0 Å². The third kappa shape index (κ3) is 3.71. The zero-order valence-corrected chi connectivity index (χ0v) is 11.6. The van der Waals surface area contributed by atoms with Gasteiger partial charge in [-0.25, -0.2) is 0 Å². The van der Waals surface area contributed by atoms with Crippen LogP contribution in [0.5, 0.6) is 0 Å². The second-order valence-electron chi connectivity index (χ2n) is 6.26. The molecule has 2 aliphatic rings. The van der Waals surface area contributed by atoms with Gasteiger partial charge in [-0.3, -0.25) is 9.59 Å². The lowest BCUT2D eigenvalue weighted by molar-refractivity contribution is -0.157. The normalized spacial score (nSPS) is 22.5. The molecule has 0 bridgehead atoms. The Bertz CT molecular complexity index is 330. The number of carboxylic acids is 1. The van der Waals surface area contributed by atoms with Crippen LogP contribution in [0.1, 0.15) is 64.2 Å². The predicted molar refractivity (Wildman–Crippen MR) is 72.7 cm³/mol. The quantitative estimate of drug-likeness (QED) is 0.777. The minimum atomic E-state index is -0.804. The lowest BCUT2D eigenvalue weighted by atomic mass is 9.66. The highest BCUT2D eigenvalue weighted by Crippen LogP contribution is 2.44. The first-order chi connectivity index (χ1) is 9.12. The van der Waals surface area contributed by atoms with E-state index in [0.717, 1.165) is 18.8 Å². The van der Waals surface area contributed by atoms with E-state index in [2.05, 4.69) is 5.32 Å². The lowest BCUT2D eigenvalue weighted by Gasteiger charge is -2.37. The average molecular weight is 267 g/mol. The van der Waals surface area contributed by atoms with E-state index < -0.39 is 11.4 Å². The van der Waals surface area contributed by atoms with Crippen molar-refractivity contribution in [3.05, 3.63) is 0 Å². The van der Waals surface area contributed by atoms with E-state index in [-0.39, 0.29) is 12.3 Å². The number of nitrogens with one attached hydrogen (secondary N) is 1. The molecule has 0 aromatic rings. The van der Waals surface area contributed by atoms with Crippen molar-refractivity contribution in [3.8, 4) is 0 Å². The van der Waals surface area contributed by atoms with Crippen molar-refractivity contribution in [2.45, 2.75) is 64.2 Å². The van der Waals surface area contributed by atoms with Crippen molar-refractivity contribution in [1.29, 1.82) is 0 Å². The number of carbonyl (C=O) groups is 2. The third-order valence-electron chi connectivity index (χ3n) is 4.86. The summed E-state index contributed by atoms with van der Waals surface area (Å²) in [6, 6.07) is 0. The summed E-state index contributed by atoms with van der Waals surface area (Å²) in [5.74, 6) is -0.134. The second kappa shape index (κ2) is 6.40. The van der Waals surface area contributed by atoms with Gasteiger partial charge in [0.15, 0.2) is 0 Å². The fraction of sp³-hybridized carbons (Fsp3) is 0.867. The number of hydrogen-bond acceptors (Lipinski definition) is 2. The molecular weight excluding hydrogens is 242 g/mol. The Morgan fingerprint density at radius 3 is 2.32 bits per heavy atom. The van der Waals surface area contributed by atoms with Crippen molar-refractivity contribution in [1.82, 2.24) is 5.32 Å². The largest absolute Gasteiger partial charge is 0.481 e. The molecule has 4 heteroatoms. The van der Waals surface area contributed by atoms with Gasteiger partial charge in [0, 0.05) is 13.0 Å². The van der Waals surface area contributed by atoms with E-state index in [9.17, 15) is 14.7 Å². The van der Waals surface area contributed by atoms with Gasteiger partial charge in [0.1, 0.15) is 0 Å². The summed E-state index contributed by atoms with van der Waals surface area (Å²) in [6.07, 6.45) is 10.0. The monoisotopic (exact) mass is 267 g/mol. The van der Waals surface area contributed by atoms with Gasteiger partial charge < -0.3 is 10.4 Å². The Balaban J connectivity index is 1.65. The Morgan fingerprint density at radius 1 is 1.11 bits per heavy atom. The average Bonchev–Trinajstić information content (AvgIpc) is 2.34. The van der Waals surface area contributed by atoms with Crippen LogP contribution in [-0.2, 0) is 9.59 Å². The first-order valence-electron chi connectivity index (χ1n) is 7.62. The van der Waals surface area contributed by atoms with Crippen LogP contribution < -0.4 is 5.32 Å². The van der Waals surface area contributed by atoms with Crippen molar-refractivity contribution in [3.63, 3.8) is 0 Å². The summed E-state index contributed by atoms with van der Waals surface area (Å²) >= 11 is 0. The lowest BCUT2D eigenvalue weighted by Crippen LogP contribution is -2.42. The Hall–Kier alpha value is -1.06. The Kier molecular flexibility index (Phi) is 4.83. The van der Waals surface area contributed by atoms with E-state index in [1.807, 2.05) is 0 Å². The van der Waals surface area contributed by atoms with Gasteiger partial charge in [-0.05, 0) is 25.2 Å². The minimum absolute atomic E-state index is 0.0853. The molecule has 2 saturated carbocycles. The summed E-state index contributed by atoms with van der Waals surface area (Å²) in [5.41, 5.74) is -0.755. The maximum absolute atomic E-state index is 11.8. The van der Waals surface area contributed by atoms with Crippen LogP contribution in [0.15, 0.2) is 0 Å². The third-order valence-corrected chi connectivity index (χ3v) is 4.86. The Labute approximate surface area is 115 Å². The van der Waals surface area contributed by atoms with Gasteiger partial charge in [0.2, 0.25) is 5.91 Å². The number of carboxylic acid groups (broad SMARTS) is 1. The molecular formula is C15H25NO3. The van der Waals surface area contributed by atoms with Gasteiger partial charge in [0.05, 0.1) is 5.41 Å². The fourth-order valence-corrected chi connectivity index (χ4v) is 3.33. The van der Waals surface area contributed by atoms with Gasteiger partial charge in [-0.15, -0.1) is 0 Å². The van der Waals surface area contributed by atoms with Crippen LogP contribution in [0.25, 0.3) is 0 Å². The van der Waals surface area contributed by atoms with Gasteiger partial charge in [-0.1, -0.05) is 38.5 Å². The summed E-state index contributed by atoms with van der Waals surface area (Å²) in [6.45, 7) is 0.708. The molecule has 4 nitrogen and oxygen atoms in total. The van der Waals surface area contributed by atoms with Gasteiger partial charge in [0.25, 0.3) is 0 Å². The smallest absolute Gasteiger partial charge is 0.310 e. The molecule has 0 spiro atoms.